The molecule has 24 heavy (non-hydrogen) atoms. The van der Waals surface area contributed by atoms with Gasteiger partial charge < -0.3 is 19.1 Å². The molecule has 0 aliphatic carbocycles. The van der Waals surface area contributed by atoms with Gasteiger partial charge in [0.05, 0.1) is 35.0 Å². The fourth-order valence-corrected chi connectivity index (χ4v) is 4.45. The van der Waals surface area contributed by atoms with Crippen molar-refractivity contribution in [3.63, 3.8) is 0 Å². The Hall–Kier alpha value is -1.86. The number of carbonyl (C=O) groups excluding carboxylic acids is 1. The van der Waals surface area contributed by atoms with Crippen molar-refractivity contribution < 1.29 is 19.0 Å². The van der Waals surface area contributed by atoms with Crippen LogP contribution in [0.25, 0.3) is 0 Å². The van der Waals surface area contributed by atoms with Gasteiger partial charge in [-0.15, -0.1) is 0 Å². The summed E-state index contributed by atoms with van der Waals surface area (Å²) in [5.41, 5.74) is 2.04. The van der Waals surface area contributed by atoms with Gasteiger partial charge >= 0.3 is 5.97 Å². The molecule has 1 heterocycles. The number of hydrogen-bond acceptors (Lipinski definition) is 6. The van der Waals surface area contributed by atoms with Crippen LogP contribution in [0.5, 0.6) is 17.2 Å². The number of rotatable bonds is 3. The number of benzene rings is 2. The number of methoxy groups -OCH3 is 2. The van der Waals surface area contributed by atoms with E-state index in [-0.39, 0.29) is 0 Å². The van der Waals surface area contributed by atoms with E-state index in [4.69, 9.17) is 14.2 Å². The third-order valence-electron chi connectivity index (χ3n) is 3.69. The summed E-state index contributed by atoms with van der Waals surface area (Å²) >= 11 is 5.15. The summed E-state index contributed by atoms with van der Waals surface area (Å²) in [6.45, 7) is 1.37. The molecule has 0 saturated heterocycles. The van der Waals surface area contributed by atoms with Crippen LogP contribution in [0.2, 0.25) is 0 Å². The van der Waals surface area contributed by atoms with Gasteiger partial charge in [-0.3, -0.25) is 4.79 Å². The molecule has 2 aromatic carbocycles. The van der Waals surface area contributed by atoms with E-state index in [1.54, 1.807) is 26.0 Å². The molecule has 1 aliphatic rings. The molecule has 0 fully saturated rings. The highest BCUT2D eigenvalue weighted by Crippen LogP contribution is 2.55. The second kappa shape index (κ2) is 6.57. The third kappa shape index (κ3) is 2.82. The molecule has 0 spiro atoms. The number of halogens is 1. The van der Waals surface area contributed by atoms with E-state index in [0.717, 1.165) is 26.9 Å². The largest absolute Gasteiger partial charge is 0.497 e. The summed E-state index contributed by atoms with van der Waals surface area (Å²) < 4.78 is 16.7. The molecule has 0 aromatic heterocycles. The fourth-order valence-electron chi connectivity index (χ4n) is 2.54. The van der Waals surface area contributed by atoms with Crippen LogP contribution >= 0.6 is 27.7 Å². The van der Waals surface area contributed by atoms with Gasteiger partial charge in [0.1, 0.15) is 5.75 Å². The minimum atomic E-state index is -0.398. The second-order valence-electron chi connectivity index (χ2n) is 5.16. The van der Waals surface area contributed by atoms with Crippen LogP contribution in [0.1, 0.15) is 6.92 Å². The van der Waals surface area contributed by atoms with Crippen molar-refractivity contribution >= 4 is 45.0 Å². The van der Waals surface area contributed by atoms with Crippen LogP contribution in [0.4, 0.5) is 11.4 Å². The number of ether oxygens (including phenoxy) is 3. The molecular weight excluding hydrogens is 394 g/mol. The maximum atomic E-state index is 11.4. The number of fused-ring (bicyclic) bond motifs is 2. The van der Waals surface area contributed by atoms with E-state index in [0.29, 0.717) is 16.0 Å². The zero-order valence-corrected chi connectivity index (χ0v) is 16.1. The number of esters is 1. The molecule has 1 aliphatic heterocycles. The Bertz CT molecular complexity index is 825. The van der Waals surface area contributed by atoms with Crippen molar-refractivity contribution in [1.29, 1.82) is 0 Å². The second-order valence-corrected chi connectivity index (χ2v) is 7.00. The molecule has 5 nitrogen and oxygen atoms in total. The Morgan fingerprint density at radius 3 is 2.54 bits per heavy atom. The molecule has 0 N–H and O–H groups in total. The van der Waals surface area contributed by atoms with Crippen molar-refractivity contribution in [2.24, 2.45) is 0 Å². The molecule has 0 bridgehead atoms. The van der Waals surface area contributed by atoms with Crippen molar-refractivity contribution in [2.75, 3.05) is 26.2 Å². The van der Waals surface area contributed by atoms with Crippen LogP contribution in [-0.2, 0) is 4.79 Å². The zero-order valence-electron chi connectivity index (χ0n) is 13.7. The van der Waals surface area contributed by atoms with E-state index in [2.05, 4.69) is 20.8 Å². The highest BCUT2D eigenvalue weighted by molar-refractivity contribution is 9.10. The van der Waals surface area contributed by atoms with E-state index < -0.39 is 5.97 Å². The van der Waals surface area contributed by atoms with E-state index in [1.165, 1.54) is 6.92 Å². The molecule has 3 rings (SSSR count). The zero-order chi connectivity index (χ0) is 17.4. The van der Waals surface area contributed by atoms with Gasteiger partial charge in [-0.25, -0.2) is 0 Å². The normalized spacial score (nSPS) is 12.3. The van der Waals surface area contributed by atoms with Gasteiger partial charge in [0.15, 0.2) is 11.5 Å². The minimum Gasteiger partial charge on any atom is -0.497 e. The quantitative estimate of drug-likeness (QED) is 0.544. The first-order valence-electron chi connectivity index (χ1n) is 7.14. The molecule has 0 radical (unpaired) electrons. The van der Waals surface area contributed by atoms with Crippen LogP contribution in [-0.4, -0.2) is 27.2 Å². The van der Waals surface area contributed by atoms with Gasteiger partial charge in [0.25, 0.3) is 0 Å². The van der Waals surface area contributed by atoms with Gasteiger partial charge in [-0.2, -0.15) is 0 Å². The van der Waals surface area contributed by atoms with Gasteiger partial charge in [-0.05, 0) is 34.1 Å². The molecule has 7 heteroatoms. The third-order valence-corrected chi connectivity index (χ3v) is 5.87. The molecule has 0 unspecified atom stereocenters. The Balaban J connectivity index is 2.16. The smallest absolute Gasteiger partial charge is 0.308 e. The molecular formula is C17H16BrNO4S. The Labute approximate surface area is 153 Å². The van der Waals surface area contributed by atoms with Gasteiger partial charge in [-0.1, -0.05) is 11.8 Å². The lowest BCUT2D eigenvalue weighted by Crippen LogP contribution is -2.16. The first-order valence-corrected chi connectivity index (χ1v) is 8.75. The van der Waals surface area contributed by atoms with Gasteiger partial charge in [0.2, 0.25) is 0 Å². The Morgan fingerprint density at radius 1 is 1.17 bits per heavy atom. The van der Waals surface area contributed by atoms with Crippen molar-refractivity contribution in [2.45, 2.75) is 16.7 Å². The highest BCUT2D eigenvalue weighted by atomic mass is 79.9. The molecule has 0 amide bonds. The van der Waals surface area contributed by atoms with Crippen LogP contribution in [0, 0.1) is 0 Å². The van der Waals surface area contributed by atoms with Crippen LogP contribution < -0.4 is 19.1 Å². The standard InChI is InChI=1S/C17H16BrNO4S/c1-9(20)23-16-13(22-4)8-12-17(15(16)18)24-14-7-10(21-3)5-6-11(14)19(12)2/h5-8H,1-4H3. The van der Waals surface area contributed by atoms with E-state index in [9.17, 15) is 4.79 Å². The first kappa shape index (κ1) is 17.0. The molecule has 126 valence electrons. The Morgan fingerprint density at radius 2 is 1.92 bits per heavy atom. The average molecular weight is 410 g/mol. The maximum absolute atomic E-state index is 11.4. The lowest BCUT2D eigenvalue weighted by molar-refractivity contribution is -0.132. The van der Waals surface area contributed by atoms with Crippen molar-refractivity contribution in [3.8, 4) is 17.2 Å². The number of nitrogens with zero attached hydrogens (tertiary/aromatic N) is 1. The molecule has 0 atom stereocenters. The summed E-state index contributed by atoms with van der Waals surface area (Å²) in [6.07, 6.45) is 0. The summed E-state index contributed by atoms with van der Waals surface area (Å²) in [6, 6.07) is 7.81. The van der Waals surface area contributed by atoms with E-state index in [1.807, 2.05) is 31.3 Å². The average Bonchev–Trinajstić information content (AvgIpc) is 2.57. The molecule has 0 saturated carbocycles. The summed E-state index contributed by atoms with van der Waals surface area (Å²) in [4.78, 5) is 15.5. The van der Waals surface area contributed by atoms with Crippen molar-refractivity contribution in [3.05, 3.63) is 28.7 Å². The number of carbonyl (C=O) groups is 1. The SMILES string of the molecule is COc1ccc2c(c1)Sc1c(cc(OC)c(OC(C)=O)c1Br)N2C. The van der Waals surface area contributed by atoms with Gasteiger partial charge in [0, 0.05) is 24.9 Å². The lowest BCUT2D eigenvalue weighted by Gasteiger charge is -2.31. The highest BCUT2D eigenvalue weighted by Gasteiger charge is 2.28. The monoisotopic (exact) mass is 409 g/mol. The van der Waals surface area contributed by atoms with Crippen LogP contribution in [0.3, 0.4) is 0 Å². The van der Waals surface area contributed by atoms with E-state index >= 15 is 0 Å². The predicted molar refractivity (Wildman–Crippen MR) is 97.2 cm³/mol. The lowest BCUT2D eigenvalue weighted by atomic mass is 10.2. The summed E-state index contributed by atoms with van der Waals surface area (Å²) in [7, 11) is 5.18. The first-order chi connectivity index (χ1) is 11.5. The number of anilines is 2. The minimum absolute atomic E-state index is 0.385. The Kier molecular flexibility index (Phi) is 4.64. The van der Waals surface area contributed by atoms with Crippen LogP contribution in [0.15, 0.2) is 38.5 Å². The summed E-state index contributed by atoms with van der Waals surface area (Å²) in [5.74, 6) is 1.28. The summed E-state index contributed by atoms with van der Waals surface area (Å²) in [5, 5.41) is 0. The fraction of sp³-hybridized carbons (Fsp3) is 0.235. The maximum Gasteiger partial charge on any atom is 0.308 e. The van der Waals surface area contributed by atoms with Crippen molar-refractivity contribution in [1.82, 2.24) is 0 Å². The topological polar surface area (TPSA) is 48.0 Å². The molecule has 2 aromatic rings. The number of hydrogen-bond donors (Lipinski definition) is 0. The predicted octanol–water partition coefficient (Wildman–Crippen LogP) is 4.62.